The molecule has 0 saturated heterocycles. The van der Waals surface area contributed by atoms with Gasteiger partial charge in [-0.15, -0.1) is 0 Å². The Morgan fingerprint density at radius 1 is 1.20 bits per heavy atom. The van der Waals surface area contributed by atoms with Gasteiger partial charge in [0.25, 0.3) is 0 Å². The van der Waals surface area contributed by atoms with E-state index in [2.05, 4.69) is 4.98 Å². The number of H-pyrrole nitrogens is 1. The van der Waals surface area contributed by atoms with Gasteiger partial charge in [0, 0.05) is 18.2 Å². The Bertz CT molecular complexity index is 611. The van der Waals surface area contributed by atoms with Crippen molar-refractivity contribution in [1.29, 1.82) is 0 Å². The van der Waals surface area contributed by atoms with E-state index in [1.807, 2.05) is 31.2 Å². The van der Waals surface area contributed by atoms with Crippen LogP contribution in [0.5, 0.6) is 0 Å². The minimum absolute atomic E-state index is 0.0272. The van der Waals surface area contributed by atoms with Gasteiger partial charge in [-0.3, -0.25) is 4.79 Å². The first kappa shape index (κ1) is 14.1. The first-order valence-electron chi connectivity index (χ1n) is 6.54. The lowest BCUT2D eigenvalue weighted by molar-refractivity contribution is 0.0520. The lowest BCUT2D eigenvalue weighted by Gasteiger charge is -2.00. The molecule has 1 N–H and O–H groups in total. The second-order valence-electron chi connectivity index (χ2n) is 4.61. The number of hydrogen-bond donors (Lipinski definition) is 1. The molecule has 1 heterocycles. The maximum Gasteiger partial charge on any atom is 0.354 e. The van der Waals surface area contributed by atoms with E-state index in [1.165, 1.54) is 6.07 Å². The van der Waals surface area contributed by atoms with Crippen LogP contribution in [0.15, 0.2) is 36.5 Å². The number of ether oxygens (including phenoxy) is 1. The van der Waals surface area contributed by atoms with Crippen molar-refractivity contribution in [3.05, 3.63) is 58.9 Å². The summed E-state index contributed by atoms with van der Waals surface area (Å²) >= 11 is 0. The molecule has 4 nitrogen and oxygen atoms in total. The van der Waals surface area contributed by atoms with Gasteiger partial charge in [0.1, 0.15) is 5.69 Å². The number of aryl methyl sites for hydroxylation is 1. The molecule has 20 heavy (non-hydrogen) atoms. The Morgan fingerprint density at radius 3 is 2.55 bits per heavy atom. The van der Waals surface area contributed by atoms with E-state index < -0.39 is 5.97 Å². The van der Waals surface area contributed by atoms with Gasteiger partial charge in [-0.05, 0) is 25.5 Å². The average Bonchev–Trinajstić information content (AvgIpc) is 2.91. The number of benzene rings is 1. The van der Waals surface area contributed by atoms with Gasteiger partial charge in [0.2, 0.25) is 0 Å². The third-order valence-corrected chi connectivity index (χ3v) is 2.99. The second-order valence-corrected chi connectivity index (χ2v) is 4.61. The van der Waals surface area contributed by atoms with Gasteiger partial charge in [0.05, 0.1) is 6.61 Å². The lowest BCUT2D eigenvalue weighted by Crippen LogP contribution is -2.05. The molecule has 104 valence electrons. The zero-order valence-corrected chi connectivity index (χ0v) is 11.6. The largest absolute Gasteiger partial charge is 0.461 e. The molecule has 0 unspecified atom stereocenters. The predicted octanol–water partition coefficient (Wildman–Crippen LogP) is 2.93. The van der Waals surface area contributed by atoms with Crippen LogP contribution in [0.2, 0.25) is 0 Å². The number of ketones is 1. The molecule has 0 bridgehead atoms. The monoisotopic (exact) mass is 271 g/mol. The van der Waals surface area contributed by atoms with Gasteiger partial charge in [-0.2, -0.15) is 0 Å². The summed E-state index contributed by atoms with van der Waals surface area (Å²) in [5, 5.41) is 0. The Balaban J connectivity index is 2.06. The highest BCUT2D eigenvalue weighted by Crippen LogP contribution is 2.11. The fourth-order valence-corrected chi connectivity index (χ4v) is 1.88. The number of nitrogens with one attached hydrogen (secondary N) is 1. The SMILES string of the molecule is CCOC(=O)c1cc(C(=O)Cc2ccc(C)cc2)c[nH]1. The fraction of sp³-hybridized carbons (Fsp3) is 0.250. The van der Waals surface area contributed by atoms with Crippen molar-refractivity contribution in [3.8, 4) is 0 Å². The summed E-state index contributed by atoms with van der Waals surface area (Å²) in [5.74, 6) is -0.470. The van der Waals surface area contributed by atoms with E-state index in [0.29, 0.717) is 24.3 Å². The minimum atomic E-state index is -0.443. The average molecular weight is 271 g/mol. The normalized spacial score (nSPS) is 10.3. The third kappa shape index (κ3) is 3.35. The van der Waals surface area contributed by atoms with E-state index in [0.717, 1.165) is 11.1 Å². The van der Waals surface area contributed by atoms with E-state index in [9.17, 15) is 9.59 Å². The molecule has 0 radical (unpaired) electrons. The summed E-state index contributed by atoms with van der Waals surface area (Å²) in [6, 6.07) is 9.36. The number of aromatic amines is 1. The predicted molar refractivity (Wildman–Crippen MR) is 76.0 cm³/mol. The van der Waals surface area contributed by atoms with Crippen molar-refractivity contribution < 1.29 is 14.3 Å². The van der Waals surface area contributed by atoms with Crippen LogP contribution in [0.1, 0.15) is 38.9 Å². The Morgan fingerprint density at radius 2 is 1.90 bits per heavy atom. The standard InChI is InChI=1S/C16H17NO3/c1-3-20-16(19)14-9-13(10-17-14)15(18)8-12-6-4-11(2)5-7-12/h4-7,9-10,17H,3,8H2,1-2H3. The third-order valence-electron chi connectivity index (χ3n) is 2.99. The highest BCUT2D eigenvalue weighted by molar-refractivity contribution is 6.00. The van der Waals surface area contributed by atoms with E-state index in [4.69, 9.17) is 4.74 Å². The van der Waals surface area contributed by atoms with Crippen LogP contribution in [-0.4, -0.2) is 23.3 Å². The molecule has 0 saturated carbocycles. The molecular formula is C16H17NO3. The summed E-state index contributed by atoms with van der Waals surface area (Å²) in [4.78, 5) is 26.4. The molecule has 4 heteroatoms. The van der Waals surface area contributed by atoms with Crippen LogP contribution in [-0.2, 0) is 11.2 Å². The molecule has 2 rings (SSSR count). The highest BCUT2D eigenvalue weighted by atomic mass is 16.5. The van der Waals surface area contributed by atoms with Crippen molar-refractivity contribution in [3.63, 3.8) is 0 Å². The van der Waals surface area contributed by atoms with Crippen LogP contribution in [0.3, 0.4) is 0 Å². The Hall–Kier alpha value is -2.36. The number of esters is 1. The molecule has 0 aliphatic heterocycles. The Labute approximate surface area is 117 Å². The number of aromatic nitrogens is 1. The molecule has 0 aliphatic carbocycles. The zero-order chi connectivity index (χ0) is 14.5. The topological polar surface area (TPSA) is 59.2 Å². The highest BCUT2D eigenvalue weighted by Gasteiger charge is 2.14. The Kier molecular flexibility index (Phi) is 4.35. The minimum Gasteiger partial charge on any atom is -0.461 e. The van der Waals surface area contributed by atoms with Crippen LogP contribution in [0.4, 0.5) is 0 Å². The zero-order valence-electron chi connectivity index (χ0n) is 11.6. The number of carbonyl (C=O) groups is 2. The lowest BCUT2D eigenvalue weighted by atomic mass is 10.0. The molecule has 0 amide bonds. The number of hydrogen-bond acceptors (Lipinski definition) is 3. The van der Waals surface area contributed by atoms with Gasteiger partial charge in [0.15, 0.2) is 5.78 Å². The van der Waals surface area contributed by atoms with Crippen molar-refractivity contribution >= 4 is 11.8 Å². The number of rotatable bonds is 5. The first-order chi connectivity index (χ1) is 9.60. The molecule has 0 atom stereocenters. The summed E-state index contributed by atoms with van der Waals surface area (Å²) in [6.07, 6.45) is 1.86. The van der Waals surface area contributed by atoms with Crippen molar-refractivity contribution in [2.24, 2.45) is 0 Å². The van der Waals surface area contributed by atoms with E-state index in [-0.39, 0.29) is 5.78 Å². The van der Waals surface area contributed by atoms with Crippen molar-refractivity contribution in [1.82, 2.24) is 4.98 Å². The fourth-order valence-electron chi connectivity index (χ4n) is 1.88. The van der Waals surface area contributed by atoms with E-state index >= 15 is 0 Å². The van der Waals surface area contributed by atoms with Crippen LogP contribution >= 0.6 is 0 Å². The van der Waals surface area contributed by atoms with Crippen molar-refractivity contribution in [2.45, 2.75) is 20.3 Å². The van der Waals surface area contributed by atoms with Crippen LogP contribution in [0, 0.1) is 6.92 Å². The van der Waals surface area contributed by atoms with E-state index in [1.54, 1.807) is 13.1 Å². The summed E-state index contributed by atoms with van der Waals surface area (Å²) in [7, 11) is 0. The van der Waals surface area contributed by atoms with Gasteiger partial charge < -0.3 is 9.72 Å². The number of carbonyl (C=O) groups excluding carboxylic acids is 2. The molecule has 0 aliphatic rings. The maximum absolute atomic E-state index is 12.1. The molecule has 0 fully saturated rings. The maximum atomic E-state index is 12.1. The molecule has 1 aromatic carbocycles. The smallest absolute Gasteiger partial charge is 0.354 e. The number of Topliss-reactive ketones (excluding diaryl/α,β-unsaturated/α-hetero) is 1. The quantitative estimate of drug-likeness (QED) is 0.672. The molecule has 0 spiro atoms. The molecule has 2 aromatic rings. The molecular weight excluding hydrogens is 254 g/mol. The van der Waals surface area contributed by atoms with Crippen LogP contribution < -0.4 is 0 Å². The summed E-state index contributed by atoms with van der Waals surface area (Å²) < 4.78 is 4.87. The van der Waals surface area contributed by atoms with Crippen molar-refractivity contribution in [2.75, 3.05) is 6.61 Å². The first-order valence-corrected chi connectivity index (χ1v) is 6.54. The second kappa shape index (κ2) is 6.19. The van der Waals surface area contributed by atoms with Crippen LogP contribution in [0.25, 0.3) is 0 Å². The van der Waals surface area contributed by atoms with Gasteiger partial charge >= 0.3 is 5.97 Å². The summed E-state index contributed by atoms with van der Waals surface area (Å²) in [6.45, 7) is 4.05. The summed E-state index contributed by atoms with van der Waals surface area (Å²) in [5.41, 5.74) is 2.92. The van der Waals surface area contributed by atoms with Gasteiger partial charge in [-0.1, -0.05) is 29.8 Å². The van der Waals surface area contributed by atoms with Gasteiger partial charge in [-0.25, -0.2) is 4.79 Å². The molecule has 1 aromatic heterocycles.